The summed E-state index contributed by atoms with van der Waals surface area (Å²) in [6.07, 6.45) is 21.2. The van der Waals surface area contributed by atoms with Crippen LogP contribution >= 0.6 is 82.0 Å². The zero-order valence-corrected chi connectivity index (χ0v) is 32.1. The van der Waals surface area contributed by atoms with Crippen molar-refractivity contribution in [1.29, 1.82) is 0 Å². The van der Waals surface area contributed by atoms with Crippen LogP contribution in [-0.4, -0.2) is 43.3 Å². The van der Waals surface area contributed by atoms with E-state index >= 15 is 0 Å². The first-order valence-corrected chi connectivity index (χ1v) is 21.7. The minimum atomic E-state index is -0.0307. The number of thiocarbonyl (C=S) groups is 2. The average molecular weight is 751 g/mol. The number of nitrogens with zero attached hydrogens (tertiary/aromatic N) is 2. The normalized spacial score (nSPS) is 25.1. The predicted molar refractivity (Wildman–Crippen MR) is 212 cm³/mol. The smallest absolute Gasteiger partial charge is 0.266 e. The van der Waals surface area contributed by atoms with Crippen LogP contribution in [0.3, 0.4) is 0 Å². The van der Waals surface area contributed by atoms with E-state index in [9.17, 15) is 9.59 Å². The molecule has 242 valence electrons. The number of allylic oxidation sites excluding steroid dienone is 4. The molecule has 0 bridgehead atoms. The molecule has 3 aromatic rings. The molecule has 4 aliphatic carbocycles. The van der Waals surface area contributed by atoms with Gasteiger partial charge in [0.15, 0.2) is 0 Å². The van der Waals surface area contributed by atoms with Gasteiger partial charge in [0.2, 0.25) is 0 Å². The SMILES string of the molecule is CCN1C(=O)/C(=C/C2=Cc3sc4c(sc5c6c(sc54)C=C(/C=C4\SC(=S)N(CC)C4=O)C64CCCCC4)c3C23CCCCC3)SC1=S. The lowest BCUT2D eigenvalue weighted by Gasteiger charge is -2.36. The van der Waals surface area contributed by atoms with Crippen LogP contribution in [0.15, 0.2) is 33.1 Å². The molecule has 4 fully saturated rings. The minimum absolute atomic E-state index is 0.0307. The molecule has 6 aliphatic rings. The van der Waals surface area contributed by atoms with Gasteiger partial charge in [-0.15, -0.1) is 34.0 Å². The maximum atomic E-state index is 13.3. The fourth-order valence-corrected chi connectivity index (χ4v) is 16.6. The molecule has 2 amide bonds. The number of fused-ring (bicyclic) bond motifs is 9. The molecular formula is C36H34N2O2S7. The van der Waals surface area contributed by atoms with E-state index in [1.54, 1.807) is 9.80 Å². The molecule has 47 heavy (non-hydrogen) atoms. The monoisotopic (exact) mass is 750 g/mol. The molecule has 2 saturated heterocycles. The topological polar surface area (TPSA) is 40.6 Å². The molecule has 0 atom stereocenters. The van der Waals surface area contributed by atoms with Crippen molar-refractivity contribution < 1.29 is 9.59 Å². The maximum Gasteiger partial charge on any atom is 0.266 e. The van der Waals surface area contributed by atoms with E-state index in [1.807, 2.05) is 47.9 Å². The average Bonchev–Trinajstić information content (AvgIpc) is 3.89. The number of amides is 2. The highest BCUT2D eigenvalue weighted by molar-refractivity contribution is 8.27. The van der Waals surface area contributed by atoms with Gasteiger partial charge < -0.3 is 0 Å². The van der Waals surface area contributed by atoms with Crippen molar-refractivity contribution >= 4 is 133 Å². The van der Waals surface area contributed by atoms with Crippen molar-refractivity contribution in [2.75, 3.05) is 13.1 Å². The quantitative estimate of drug-likeness (QED) is 0.195. The molecular weight excluding hydrogens is 717 g/mol. The summed E-state index contributed by atoms with van der Waals surface area (Å²) in [5.74, 6) is 0.111. The largest absolute Gasteiger partial charge is 0.293 e. The molecule has 3 aromatic heterocycles. The van der Waals surface area contributed by atoms with Crippen molar-refractivity contribution in [3.8, 4) is 0 Å². The zero-order valence-electron chi connectivity index (χ0n) is 26.4. The van der Waals surface area contributed by atoms with Gasteiger partial charge in [0, 0.05) is 33.7 Å². The standard InChI is InChI=1S/C36H34N2O2S7/c1-3-37-31(39)23(45-33(37)41)17-19-15-21-25(35(19)11-7-5-8-12-35)27-29(43-21)30-28(47-27)26-22(44-30)16-20(36(26)13-9-6-10-14-36)18-24-32(40)38(4-2)34(42)46-24/h15-18H,3-14H2,1-2H3/b23-17-,24-18-. The van der Waals surface area contributed by atoms with E-state index in [2.05, 4.69) is 24.3 Å². The number of rotatable bonds is 4. The summed E-state index contributed by atoms with van der Waals surface area (Å²) >= 11 is 20.0. The second-order valence-corrected chi connectivity index (χ2v) is 19.9. The van der Waals surface area contributed by atoms with Crippen molar-refractivity contribution in [3.05, 3.63) is 54.0 Å². The van der Waals surface area contributed by atoms with E-state index < -0.39 is 0 Å². The van der Waals surface area contributed by atoms with E-state index in [1.165, 1.54) is 113 Å². The second-order valence-electron chi connectivity index (χ2n) is 13.4. The van der Waals surface area contributed by atoms with Crippen LogP contribution in [-0.2, 0) is 20.4 Å². The molecule has 2 spiro atoms. The van der Waals surface area contributed by atoms with Gasteiger partial charge in [0.25, 0.3) is 11.8 Å². The van der Waals surface area contributed by atoms with Gasteiger partial charge >= 0.3 is 0 Å². The van der Waals surface area contributed by atoms with E-state index in [0.717, 1.165) is 35.5 Å². The minimum Gasteiger partial charge on any atom is -0.293 e. The Bertz CT molecular complexity index is 1930. The van der Waals surface area contributed by atoms with Crippen molar-refractivity contribution in [2.24, 2.45) is 0 Å². The fraction of sp³-hybridized carbons (Fsp3) is 0.444. The van der Waals surface area contributed by atoms with Gasteiger partial charge in [-0.05, 0) is 86.1 Å². The summed E-state index contributed by atoms with van der Waals surface area (Å²) in [6, 6.07) is 0. The third-order valence-electron chi connectivity index (χ3n) is 11.2. The Hall–Kier alpha value is -1.60. The van der Waals surface area contributed by atoms with Crippen LogP contribution in [0.5, 0.6) is 0 Å². The first-order valence-electron chi connectivity index (χ1n) is 16.8. The Morgan fingerprint density at radius 2 is 1.04 bits per heavy atom. The number of carbonyl (C=O) groups is 2. The second kappa shape index (κ2) is 11.5. The number of carbonyl (C=O) groups excluding carboxylic acids is 2. The Balaban J connectivity index is 1.17. The van der Waals surface area contributed by atoms with Gasteiger partial charge in [0.1, 0.15) is 8.64 Å². The van der Waals surface area contributed by atoms with Gasteiger partial charge in [-0.1, -0.05) is 86.5 Å². The number of hydrogen-bond donors (Lipinski definition) is 0. The molecule has 11 heteroatoms. The summed E-state index contributed by atoms with van der Waals surface area (Å²) in [7, 11) is 0. The van der Waals surface area contributed by atoms with E-state index in [0.29, 0.717) is 21.7 Å². The van der Waals surface area contributed by atoms with Gasteiger partial charge in [-0.2, -0.15) is 0 Å². The lowest BCUT2D eigenvalue weighted by molar-refractivity contribution is -0.122. The van der Waals surface area contributed by atoms with Crippen LogP contribution in [0, 0.1) is 0 Å². The van der Waals surface area contributed by atoms with Crippen LogP contribution in [0.4, 0.5) is 0 Å². The Morgan fingerprint density at radius 3 is 1.40 bits per heavy atom. The molecule has 4 nitrogen and oxygen atoms in total. The number of hydrogen-bond acceptors (Lipinski definition) is 9. The van der Waals surface area contributed by atoms with E-state index in [-0.39, 0.29) is 22.6 Å². The lowest BCUT2D eigenvalue weighted by atomic mass is 9.67. The summed E-state index contributed by atoms with van der Waals surface area (Å²) in [5, 5.41) is 0. The van der Waals surface area contributed by atoms with Crippen LogP contribution < -0.4 is 0 Å². The highest BCUT2D eigenvalue weighted by Crippen LogP contribution is 2.64. The van der Waals surface area contributed by atoms with Gasteiger partial charge in [-0.25, -0.2) is 0 Å². The predicted octanol–water partition coefficient (Wildman–Crippen LogP) is 10.9. The molecule has 0 radical (unpaired) electrons. The van der Waals surface area contributed by atoms with Crippen LogP contribution in [0.25, 0.3) is 31.0 Å². The molecule has 5 heterocycles. The molecule has 0 unspecified atom stereocenters. The first-order chi connectivity index (χ1) is 22.8. The molecule has 2 saturated carbocycles. The summed E-state index contributed by atoms with van der Waals surface area (Å²) in [6.45, 7) is 5.22. The first kappa shape index (κ1) is 31.4. The Labute approximate surface area is 306 Å². The van der Waals surface area contributed by atoms with Crippen LogP contribution in [0.2, 0.25) is 0 Å². The lowest BCUT2D eigenvalue weighted by Crippen LogP contribution is -2.29. The van der Waals surface area contributed by atoms with Crippen molar-refractivity contribution in [3.63, 3.8) is 0 Å². The summed E-state index contributed by atoms with van der Waals surface area (Å²) in [4.78, 5) is 34.3. The maximum absolute atomic E-state index is 13.3. The van der Waals surface area contributed by atoms with Crippen LogP contribution in [0.1, 0.15) is 98.9 Å². The third kappa shape index (κ3) is 4.42. The fourth-order valence-electron chi connectivity index (χ4n) is 8.99. The van der Waals surface area contributed by atoms with Gasteiger partial charge in [-0.3, -0.25) is 19.4 Å². The van der Waals surface area contributed by atoms with Crippen molar-refractivity contribution in [2.45, 2.75) is 88.9 Å². The van der Waals surface area contributed by atoms with Gasteiger partial charge in [0.05, 0.1) is 28.6 Å². The molecule has 0 N–H and O–H groups in total. The zero-order chi connectivity index (χ0) is 32.2. The Morgan fingerprint density at radius 1 is 0.638 bits per heavy atom. The van der Waals surface area contributed by atoms with E-state index in [4.69, 9.17) is 24.4 Å². The summed E-state index contributed by atoms with van der Waals surface area (Å²) in [5.41, 5.74) is 5.63. The molecule has 0 aromatic carbocycles. The highest BCUT2D eigenvalue weighted by atomic mass is 32.2. The Kier molecular flexibility index (Phi) is 7.66. The molecule has 2 aliphatic heterocycles. The highest BCUT2D eigenvalue weighted by Gasteiger charge is 2.48. The third-order valence-corrected chi connectivity index (χ3v) is 17.9. The number of thioether (sulfide) groups is 2. The number of likely N-dealkylation sites (N-methyl/N-ethyl adjacent to an activating group) is 2. The molecule has 9 rings (SSSR count). The number of thiophene rings is 3. The van der Waals surface area contributed by atoms with Crippen molar-refractivity contribution in [1.82, 2.24) is 9.80 Å². The summed E-state index contributed by atoms with van der Waals surface area (Å²) < 4.78 is 7.20.